The molecular weight excluding hydrogens is 440 g/mol. The fourth-order valence-corrected chi connectivity index (χ4v) is 3.39. The number of amides is 2. The molecule has 0 radical (unpaired) electrons. The molecule has 1 aromatic heterocycles. The first-order valence-corrected chi connectivity index (χ1v) is 11.5. The second kappa shape index (κ2) is 12.9. The Morgan fingerprint density at radius 1 is 1.12 bits per heavy atom. The summed E-state index contributed by atoms with van der Waals surface area (Å²) in [7, 11) is 2.97. The molecule has 2 amide bonds. The summed E-state index contributed by atoms with van der Waals surface area (Å²) in [6.07, 6.45) is 2.83. The minimum atomic E-state index is -0.711. The highest BCUT2D eigenvalue weighted by Crippen LogP contribution is 2.29. The van der Waals surface area contributed by atoms with Crippen LogP contribution in [-0.2, 0) is 20.9 Å². The van der Waals surface area contributed by atoms with Crippen LogP contribution < -0.4 is 25.7 Å². The molecule has 188 valence electrons. The lowest BCUT2D eigenvalue weighted by molar-refractivity contribution is -0.130. The molecule has 1 heterocycles. The summed E-state index contributed by atoms with van der Waals surface area (Å²) in [5.74, 6) is 0.0541. The molecule has 0 aliphatic heterocycles. The number of aromatic nitrogens is 2. The van der Waals surface area contributed by atoms with Gasteiger partial charge in [0.15, 0.2) is 11.5 Å². The SMILES string of the molecule is CC[C@H](C)[C@H](NC(=O)Cn1cnc2cc(OC)c(OC)cc2c1=O)C(=O)NCCCOC(C)C. The van der Waals surface area contributed by atoms with E-state index in [1.165, 1.54) is 31.2 Å². The standard InChI is InChI=1S/C24H36N4O6/c1-7-16(4)22(23(30)25-9-8-10-34-15(2)3)27-21(29)13-28-14-26-18-12-20(33-6)19(32-5)11-17(18)24(28)31/h11-12,14-16,22H,7-10,13H2,1-6H3,(H,25,30)(H,27,29)/t16-,22-/m0/s1. The van der Waals surface area contributed by atoms with Crippen LogP contribution in [0.25, 0.3) is 10.9 Å². The summed E-state index contributed by atoms with van der Waals surface area (Å²) in [5.41, 5.74) is 0.0356. The number of ether oxygens (including phenoxy) is 3. The lowest BCUT2D eigenvalue weighted by Gasteiger charge is -2.24. The molecule has 1 aromatic carbocycles. The van der Waals surface area contributed by atoms with E-state index in [9.17, 15) is 14.4 Å². The van der Waals surface area contributed by atoms with Crippen molar-refractivity contribution >= 4 is 22.7 Å². The van der Waals surface area contributed by atoms with E-state index in [0.717, 1.165) is 0 Å². The van der Waals surface area contributed by atoms with E-state index in [2.05, 4.69) is 15.6 Å². The Morgan fingerprint density at radius 3 is 2.41 bits per heavy atom. The fraction of sp³-hybridized carbons (Fsp3) is 0.583. The maximum atomic E-state index is 12.9. The number of rotatable bonds is 13. The lowest BCUT2D eigenvalue weighted by Crippen LogP contribution is -2.51. The Hall–Kier alpha value is -3.14. The number of hydrogen-bond acceptors (Lipinski definition) is 7. The van der Waals surface area contributed by atoms with Crippen molar-refractivity contribution in [3.05, 3.63) is 28.8 Å². The number of methoxy groups -OCH3 is 2. The molecule has 10 nitrogen and oxygen atoms in total. The van der Waals surface area contributed by atoms with Crippen molar-refractivity contribution in [3.63, 3.8) is 0 Å². The number of fused-ring (bicyclic) bond motifs is 1. The maximum absolute atomic E-state index is 12.9. The van der Waals surface area contributed by atoms with E-state index < -0.39 is 17.5 Å². The second-order valence-electron chi connectivity index (χ2n) is 8.40. The summed E-state index contributed by atoms with van der Waals surface area (Å²) < 4.78 is 17.2. The molecule has 2 aromatic rings. The van der Waals surface area contributed by atoms with Gasteiger partial charge < -0.3 is 24.8 Å². The molecular formula is C24H36N4O6. The minimum Gasteiger partial charge on any atom is -0.493 e. The molecule has 2 atom stereocenters. The van der Waals surface area contributed by atoms with Crippen LogP contribution in [0, 0.1) is 5.92 Å². The first-order valence-electron chi connectivity index (χ1n) is 11.5. The molecule has 10 heteroatoms. The number of nitrogens with zero attached hydrogens (tertiary/aromatic N) is 2. The van der Waals surface area contributed by atoms with Crippen LogP contribution >= 0.6 is 0 Å². The van der Waals surface area contributed by atoms with Gasteiger partial charge in [-0.05, 0) is 32.3 Å². The van der Waals surface area contributed by atoms with Gasteiger partial charge in [0.1, 0.15) is 12.6 Å². The zero-order chi connectivity index (χ0) is 25.3. The van der Waals surface area contributed by atoms with E-state index in [1.54, 1.807) is 6.07 Å². The topological polar surface area (TPSA) is 121 Å². The van der Waals surface area contributed by atoms with Crippen molar-refractivity contribution < 1.29 is 23.8 Å². The van der Waals surface area contributed by atoms with E-state index in [-0.39, 0.29) is 24.5 Å². The first kappa shape index (κ1) is 27.1. The van der Waals surface area contributed by atoms with Crippen molar-refractivity contribution in [1.82, 2.24) is 20.2 Å². The average Bonchev–Trinajstić information content (AvgIpc) is 2.82. The highest BCUT2D eigenvalue weighted by atomic mass is 16.5. The summed E-state index contributed by atoms with van der Waals surface area (Å²) >= 11 is 0. The molecule has 0 aliphatic rings. The second-order valence-corrected chi connectivity index (χ2v) is 8.40. The zero-order valence-corrected chi connectivity index (χ0v) is 20.8. The fourth-order valence-electron chi connectivity index (χ4n) is 3.39. The van der Waals surface area contributed by atoms with Gasteiger partial charge in [-0.15, -0.1) is 0 Å². The van der Waals surface area contributed by atoms with Gasteiger partial charge in [0.25, 0.3) is 5.56 Å². The monoisotopic (exact) mass is 476 g/mol. The molecule has 0 fully saturated rings. The third kappa shape index (κ3) is 7.18. The van der Waals surface area contributed by atoms with Crippen LogP contribution in [-0.4, -0.2) is 60.9 Å². The van der Waals surface area contributed by atoms with Crippen LogP contribution in [0.3, 0.4) is 0 Å². The van der Waals surface area contributed by atoms with E-state index in [1.807, 2.05) is 27.7 Å². The van der Waals surface area contributed by atoms with E-state index in [0.29, 0.717) is 48.4 Å². The van der Waals surface area contributed by atoms with Gasteiger partial charge in [0.05, 0.1) is 37.6 Å². The van der Waals surface area contributed by atoms with Gasteiger partial charge in [0, 0.05) is 19.2 Å². The molecule has 0 saturated carbocycles. The van der Waals surface area contributed by atoms with Crippen LogP contribution in [0.15, 0.2) is 23.3 Å². The highest BCUT2D eigenvalue weighted by Gasteiger charge is 2.26. The summed E-state index contributed by atoms with van der Waals surface area (Å²) in [6, 6.07) is 2.43. The Morgan fingerprint density at radius 2 is 1.79 bits per heavy atom. The van der Waals surface area contributed by atoms with Gasteiger partial charge in [-0.2, -0.15) is 0 Å². The number of nitrogens with one attached hydrogen (secondary N) is 2. The average molecular weight is 477 g/mol. The molecule has 0 unspecified atom stereocenters. The van der Waals surface area contributed by atoms with Gasteiger partial charge in [-0.25, -0.2) is 4.98 Å². The van der Waals surface area contributed by atoms with Crippen molar-refractivity contribution in [2.24, 2.45) is 5.92 Å². The smallest absolute Gasteiger partial charge is 0.261 e. The summed E-state index contributed by atoms with van der Waals surface area (Å²) in [5, 5.41) is 5.94. The Kier molecular flexibility index (Phi) is 10.3. The molecule has 0 bridgehead atoms. The number of carbonyl (C=O) groups is 2. The number of carbonyl (C=O) groups excluding carboxylic acids is 2. The van der Waals surface area contributed by atoms with Crippen molar-refractivity contribution in [1.29, 1.82) is 0 Å². The highest BCUT2D eigenvalue weighted by molar-refractivity contribution is 5.88. The first-order chi connectivity index (χ1) is 16.2. The van der Waals surface area contributed by atoms with Crippen LogP contribution in [0.2, 0.25) is 0 Å². The maximum Gasteiger partial charge on any atom is 0.261 e. The molecule has 0 saturated heterocycles. The Labute approximate surface area is 200 Å². The summed E-state index contributed by atoms with van der Waals surface area (Å²) in [6.45, 7) is 8.50. The lowest BCUT2D eigenvalue weighted by atomic mass is 9.98. The third-order valence-corrected chi connectivity index (χ3v) is 5.53. The minimum absolute atomic E-state index is 0.0842. The van der Waals surface area contributed by atoms with Gasteiger partial charge >= 0.3 is 0 Å². The Balaban J connectivity index is 2.10. The van der Waals surface area contributed by atoms with Gasteiger partial charge in [-0.3, -0.25) is 19.0 Å². The van der Waals surface area contributed by atoms with E-state index in [4.69, 9.17) is 14.2 Å². The quantitative estimate of drug-likeness (QED) is 0.424. The molecule has 34 heavy (non-hydrogen) atoms. The van der Waals surface area contributed by atoms with Crippen LogP contribution in [0.4, 0.5) is 0 Å². The molecule has 2 rings (SSSR count). The van der Waals surface area contributed by atoms with E-state index >= 15 is 0 Å². The third-order valence-electron chi connectivity index (χ3n) is 5.53. The normalized spacial score (nSPS) is 12.9. The predicted molar refractivity (Wildman–Crippen MR) is 129 cm³/mol. The van der Waals surface area contributed by atoms with Crippen molar-refractivity contribution in [2.75, 3.05) is 27.4 Å². The predicted octanol–water partition coefficient (Wildman–Crippen LogP) is 1.88. The number of benzene rings is 1. The van der Waals surface area contributed by atoms with Crippen LogP contribution in [0.5, 0.6) is 11.5 Å². The van der Waals surface area contributed by atoms with Gasteiger partial charge in [0.2, 0.25) is 11.8 Å². The van der Waals surface area contributed by atoms with Crippen LogP contribution in [0.1, 0.15) is 40.5 Å². The Bertz CT molecular complexity index is 1040. The molecule has 2 N–H and O–H groups in total. The zero-order valence-electron chi connectivity index (χ0n) is 20.8. The van der Waals surface area contributed by atoms with Gasteiger partial charge in [-0.1, -0.05) is 20.3 Å². The molecule has 0 spiro atoms. The number of hydrogen-bond donors (Lipinski definition) is 2. The largest absolute Gasteiger partial charge is 0.493 e. The molecule has 0 aliphatic carbocycles. The van der Waals surface area contributed by atoms with Crippen molar-refractivity contribution in [2.45, 2.75) is 59.2 Å². The van der Waals surface area contributed by atoms with Crippen molar-refractivity contribution in [3.8, 4) is 11.5 Å². The summed E-state index contributed by atoms with van der Waals surface area (Å²) in [4.78, 5) is 42.7.